The lowest BCUT2D eigenvalue weighted by Crippen LogP contribution is -2.44. The van der Waals surface area contributed by atoms with Gasteiger partial charge in [-0.05, 0) is 31.2 Å². The third-order valence-corrected chi connectivity index (χ3v) is 5.00. The normalized spacial score (nSPS) is 24.2. The highest BCUT2D eigenvalue weighted by Crippen LogP contribution is 2.21. The molecule has 0 aliphatic carbocycles. The second-order valence-electron chi connectivity index (χ2n) is 6.88. The highest BCUT2D eigenvalue weighted by molar-refractivity contribution is 5.82. The van der Waals surface area contributed by atoms with Crippen molar-refractivity contribution in [2.75, 3.05) is 19.6 Å². The van der Waals surface area contributed by atoms with E-state index >= 15 is 0 Å². The van der Waals surface area contributed by atoms with Crippen molar-refractivity contribution in [3.63, 3.8) is 0 Å². The van der Waals surface area contributed by atoms with Gasteiger partial charge in [0.2, 0.25) is 11.8 Å². The molecule has 0 aromatic heterocycles. The molecule has 1 aromatic carbocycles. The molecule has 25 heavy (non-hydrogen) atoms. The van der Waals surface area contributed by atoms with Gasteiger partial charge in [-0.2, -0.15) is 0 Å². The molecule has 2 amide bonds. The monoisotopic (exact) mass is 344 g/mol. The number of rotatable bonds is 6. The summed E-state index contributed by atoms with van der Waals surface area (Å²) in [6, 6.07) is 10.1. The van der Waals surface area contributed by atoms with Crippen LogP contribution in [0.1, 0.15) is 50.1 Å². The summed E-state index contributed by atoms with van der Waals surface area (Å²) in [6.45, 7) is 2.21. The van der Waals surface area contributed by atoms with Crippen LogP contribution in [0.4, 0.5) is 0 Å². The van der Waals surface area contributed by atoms with Gasteiger partial charge in [0.15, 0.2) is 0 Å². The van der Waals surface area contributed by atoms with E-state index in [0.717, 1.165) is 45.2 Å². The number of hydrazine groups is 1. The Bertz CT molecular complexity index is 578. The fourth-order valence-electron chi connectivity index (χ4n) is 3.51. The quantitative estimate of drug-likeness (QED) is 0.684. The summed E-state index contributed by atoms with van der Waals surface area (Å²) >= 11 is 0. The van der Waals surface area contributed by atoms with Crippen LogP contribution in [0, 0.1) is 0 Å². The maximum atomic E-state index is 12.3. The minimum absolute atomic E-state index is 0.0214. The van der Waals surface area contributed by atoms with Gasteiger partial charge in [-0.3, -0.25) is 9.59 Å². The summed E-state index contributed by atoms with van der Waals surface area (Å²) < 4.78 is 0. The van der Waals surface area contributed by atoms with Crippen LogP contribution in [-0.2, 0) is 9.59 Å². The summed E-state index contributed by atoms with van der Waals surface area (Å²) in [5.41, 5.74) is 7.46. The van der Waals surface area contributed by atoms with Gasteiger partial charge >= 0.3 is 0 Å². The average Bonchev–Trinajstić information content (AvgIpc) is 3.05. The number of carbonyl (C=O) groups excluding carboxylic acids is 2. The number of amides is 2. The molecule has 3 rings (SSSR count). The minimum Gasteiger partial charge on any atom is -0.355 e. The van der Waals surface area contributed by atoms with Crippen LogP contribution in [0.3, 0.4) is 0 Å². The second-order valence-corrected chi connectivity index (χ2v) is 6.88. The van der Waals surface area contributed by atoms with Crippen LogP contribution in [0.15, 0.2) is 30.3 Å². The van der Waals surface area contributed by atoms with E-state index in [1.807, 2.05) is 23.1 Å². The Morgan fingerprint density at radius 2 is 2.00 bits per heavy atom. The number of likely N-dealkylation sites (tertiary alicyclic amines) is 1. The largest absolute Gasteiger partial charge is 0.355 e. The molecule has 6 nitrogen and oxygen atoms in total. The number of hydrogen-bond donors (Lipinski definition) is 3. The molecule has 2 aliphatic heterocycles. The second kappa shape index (κ2) is 8.97. The van der Waals surface area contributed by atoms with E-state index in [9.17, 15) is 9.59 Å². The van der Waals surface area contributed by atoms with E-state index < -0.39 is 0 Å². The third-order valence-electron chi connectivity index (χ3n) is 5.00. The molecule has 0 saturated carbocycles. The van der Waals surface area contributed by atoms with Crippen molar-refractivity contribution < 1.29 is 9.59 Å². The fourth-order valence-corrected chi connectivity index (χ4v) is 3.51. The molecule has 2 heterocycles. The number of hydrogen-bond acceptors (Lipinski definition) is 4. The Labute approximate surface area is 149 Å². The lowest BCUT2D eigenvalue weighted by atomic mass is 10.0. The third kappa shape index (κ3) is 5.03. The number of benzene rings is 1. The molecular formula is C19H28N4O2. The minimum atomic E-state index is -0.218. The van der Waals surface area contributed by atoms with E-state index in [0.29, 0.717) is 13.0 Å². The average molecular weight is 344 g/mol. The Balaban J connectivity index is 1.36. The molecule has 2 atom stereocenters. The summed E-state index contributed by atoms with van der Waals surface area (Å²) in [5.74, 6) is 0.282. The number of nitrogens with one attached hydrogen (secondary N) is 3. The number of carbonyl (C=O) groups is 2. The van der Waals surface area contributed by atoms with Crippen molar-refractivity contribution in [1.29, 1.82) is 0 Å². The van der Waals surface area contributed by atoms with Crippen molar-refractivity contribution >= 4 is 11.8 Å². The molecule has 2 fully saturated rings. The van der Waals surface area contributed by atoms with Crippen LogP contribution >= 0.6 is 0 Å². The molecule has 2 saturated heterocycles. The SMILES string of the molecule is O=C(NCCCN1CCCCCC1=O)C1CC(c2ccccc2)NN1. The Hall–Kier alpha value is -1.92. The smallest absolute Gasteiger partial charge is 0.238 e. The van der Waals surface area contributed by atoms with Gasteiger partial charge in [0.25, 0.3) is 0 Å². The molecule has 6 heteroatoms. The van der Waals surface area contributed by atoms with E-state index in [4.69, 9.17) is 0 Å². The Morgan fingerprint density at radius 3 is 2.84 bits per heavy atom. The van der Waals surface area contributed by atoms with Gasteiger partial charge in [0, 0.05) is 32.1 Å². The zero-order valence-corrected chi connectivity index (χ0v) is 14.7. The van der Waals surface area contributed by atoms with Crippen molar-refractivity contribution in [2.24, 2.45) is 0 Å². The van der Waals surface area contributed by atoms with Crippen molar-refractivity contribution in [2.45, 2.75) is 50.6 Å². The highest BCUT2D eigenvalue weighted by Gasteiger charge is 2.29. The first-order valence-corrected chi connectivity index (χ1v) is 9.35. The first-order valence-electron chi connectivity index (χ1n) is 9.35. The van der Waals surface area contributed by atoms with E-state index in [2.05, 4.69) is 28.3 Å². The van der Waals surface area contributed by atoms with Gasteiger partial charge in [-0.1, -0.05) is 36.8 Å². The summed E-state index contributed by atoms with van der Waals surface area (Å²) in [4.78, 5) is 26.2. The maximum Gasteiger partial charge on any atom is 0.238 e. The molecule has 3 N–H and O–H groups in total. The molecule has 0 radical (unpaired) electrons. The summed E-state index contributed by atoms with van der Waals surface area (Å²) in [5, 5.41) is 2.99. The van der Waals surface area contributed by atoms with E-state index in [1.54, 1.807) is 0 Å². The van der Waals surface area contributed by atoms with Crippen LogP contribution in [0.5, 0.6) is 0 Å². The van der Waals surface area contributed by atoms with Crippen LogP contribution in [0.2, 0.25) is 0 Å². The zero-order chi connectivity index (χ0) is 17.5. The van der Waals surface area contributed by atoms with Gasteiger partial charge in [0.1, 0.15) is 6.04 Å². The zero-order valence-electron chi connectivity index (χ0n) is 14.7. The molecule has 1 aromatic rings. The molecular weight excluding hydrogens is 316 g/mol. The summed E-state index contributed by atoms with van der Waals surface area (Å²) in [7, 11) is 0. The fraction of sp³-hybridized carbons (Fsp3) is 0.579. The van der Waals surface area contributed by atoms with Crippen molar-refractivity contribution in [1.82, 2.24) is 21.1 Å². The predicted molar refractivity (Wildman–Crippen MR) is 96.5 cm³/mol. The van der Waals surface area contributed by atoms with E-state index in [-0.39, 0.29) is 23.9 Å². The first kappa shape index (κ1) is 17.9. The lowest BCUT2D eigenvalue weighted by Gasteiger charge is -2.20. The number of nitrogens with zero attached hydrogens (tertiary/aromatic N) is 1. The standard InChI is InChI=1S/C19H28N4O2/c24-18-10-5-2-6-12-23(18)13-7-11-20-19(25)17-14-16(21-22-17)15-8-3-1-4-9-15/h1,3-4,8-9,16-17,21-22H,2,5-7,10-14H2,(H,20,25). The topological polar surface area (TPSA) is 73.5 Å². The van der Waals surface area contributed by atoms with Crippen LogP contribution < -0.4 is 16.2 Å². The van der Waals surface area contributed by atoms with Crippen LogP contribution in [0.25, 0.3) is 0 Å². The Morgan fingerprint density at radius 1 is 1.16 bits per heavy atom. The van der Waals surface area contributed by atoms with E-state index in [1.165, 1.54) is 5.56 Å². The molecule has 2 unspecified atom stereocenters. The Kier molecular flexibility index (Phi) is 6.42. The van der Waals surface area contributed by atoms with Crippen molar-refractivity contribution in [3.05, 3.63) is 35.9 Å². The highest BCUT2D eigenvalue weighted by atomic mass is 16.2. The summed E-state index contributed by atoms with van der Waals surface area (Å²) in [6.07, 6.45) is 5.46. The molecule has 2 aliphatic rings. The maximum absolute atomic E-state index is 12.3. The molecule has 136 valence electrons. The van der Waals surface area contributed by atoms with Gasteiger partial charge in [-0.15, -0.1) is 0 Å². The predicted octanol–water partition coefficient (Wildman–Crippen LogP) is 1.50. The first-order chi connectivity index (χ1) is 12.2. The van der Waals surface area contributed by atoms with Gasteiger partial charge in [-0.25, -0.2) is 10.9 Å². The lowest BCUT2D eigenvalue weighted by molar-refractivity contribution is -0.130. The van der Waals surface area contributed by atoms with Crippen molar-refractivity contribution in [3.8, 4) is 0 Å². The van der Waals surface area contributed by atoms with Crippen LogP contribution in [-0.4, -0.2) is 42.4 Å². The molecule has 0 spiro atoms. The van der Waals surface area contributed by atoms with Gasteiger partial charge < -0.3 is 10.2 Å². The molecule has 0 bridgehead atoms. The van der Waals surface area contributed by atoms with Gasteiger partial charge in [0.05, 0.1) is 0 Å².